The van der Waals surface area contributed by atoms with E-state index in [-0.39, 0.29) is 35.1 Å². The summed E-state index contributed by atoms with van der Waals surface area (Å²) in [6, 6.07) is 0. The maximum absolute atomic E-state index is 12.2. The van der Waals surface area contributed by atoms with Crippen molar-refractivity contribution in [2.75, 3.05) is 13.7 Å². The Morgan fingerprint density at radius 3 is 2.70 bits per heavy atom. The van der Waals surface area contributed by atoms with Gasteiger partial charge in [0.05, 0.1) is 18.6 Å². The van der Waals surface area contributed by atoms with E-state index in [0.717, 1.165) is 25.9 Å². The van der Waals surface area contributed by atoms with Crippen LogP contribution in [0.4, 0.5) is 0 Å². The number of carbonyl (C=O) groups is 1. The van der Waals surface area contributed by atoms with Crippen molar-refractivity contribution in [1.82, 2.24) is 0 Å². The average Bonchev–Trinajstić information content (AvgIpc) is 3.29. The summed E-state index contributed by atoms with van der Waals surface area (Å²) in [6.07, 6.45) is 3.51. The summed E-state index contributed by atoms with van der Waals surface area (Å²) in [5, 5.41) is 0. The zero-order chi connectivity index (χ0) is 14.5. The summed E-state index contributed by atoms with van der Waals surface area (Å²) >= 11 is 0. The minimum atomic E-state index is -0.361. The number of Topliss-reactive ketones (excluding diaryl/α,β-unsaturated/α-hetero) is 1. The standard InChI is InChI=1S/C16H26O4/c1-10(2)5-6-12-15(3,20-12)14-13(18-4)11(17)7-8-16(14)9-19-16/h10,12-14H,5-9H2,1-4H3/t12-,13-,14?,15+,16+/m1/s1. The predicted octanol–water partition coefficient (Wildman–Crippen LogP) is 2.34. The Bertz CT molecular complexity index is 401. The van der Waals surface area contributed by atoms with E-state index >= 15 is 0 Å². The minimum absolute atomic E-state index is 0.0541. The molecular weight excluding hydrogens is 256 g/mol. The van der Waals surface area contributed by atoms with Gasteiger partial charge in [-0.1, -0.05) is 13.8 Å². The normalized spacial score (nSPS) is 47.0. The first-order valence-corrected chi connectivity index (χ1v) is 7.80. The second kappa shape index (κ2) is 4.79. The first-order chi connectivity index (χ1) is 9.43. The second-order valence-corrected chi connectivity index (χ2v) is 7.22. The molecule has 2 aliphatic heterocycles. The Labute approximate surface area is 121 Å². The number of hydrogen-bond donors (Lipinski definition) is 0. The Morgan fingerprint density at radius 2 is 2.15 bits per heavy atom. The number of epoxide rings is 2. The maximum atomic E-state index is 12.2. The average molecular weight is 282 g/mol. The van der Waals surface area contributed by atoms with Gasteiger partial charge in [0, 0.05) is 13.5 Å². The lowest BCUT2D eigenvalue weighted by molar-refractivity contribution is -0.142. The molecule has 0 radical (unpaired) electrons. The SMILES string of the molecule is CO[C@@H]1C(=O)CC[C@]2(CO2)C1[C@@]1(C)O[C@@H]1CCC(C)C. The van der Waals surface area contributed by atoms with Crippen LogP contribution in [0.2, 0.25) is 0 Å². The topological polar surface area (TPSA) is 51.4 Å². The van der Waals surface area contributed by atoms with Crippen LogP contribution in [-0.2, 0) is 19.0 Å². The fraction of sp³-hybridized carbons (Fsp3) is 0.938. The zero-order valence-corrected chi connectivity index (χ0v) is 13.0. The number of rotatable bonds is 5. The van der Waals surface area contributed by atoms with Gasteiger partial charge in [0.15, 0.2) is 5.78 Å². The molecule has 0 amide bonds. The van der Waals surface area contributed by atoms with Crippen LogP contribution < -0.4 is 0 Å². The molecule has 1 saturated carbocycles. The quantitative estimate of drug-likeness (QED) is 0.726. The van der Waals surface area contributed by atoms with E-state index in [1.807, 2.05) is 0 Å². The molecule has 0 N–H and O–H groups in total. The maximum Gasteiger partial charge on any atom is 0.162 e. The zero-order valence-electron chi connectivity index (χ0n) is 13.0. The number of ketones is 1. The van der Waals surface area contributed by atoms with Gasteiger partial charge in [-0.2, -0.15) is 0 Å². The van der Waals surface area contributed by atoms with Gasteiger partial charge in [-0.3, -0.25) is 4.79 Å². The Morgan fingerprint density at radius 1 is 1.45 bits per heavy atom. The molecule has 3 aliphatic rings. The molecule has 1 spiro atoms. The molecule has 0 aromatic heterocycles. The number of methoxy groups -OCH3 is 1. The number of carbonyl (C=O) groups excluding carboxylic acids is 1. The Balaban J connectivity index is 1.75. The van der Waals surface area contributed by atoms with Crippen LogP contribution in [0.3, 0.4) is 0 Å². The van der Waals surface area contributed by atoms with E-state index in [9.17, 15) is 4.79 Å². The molecule has 5 atom stereocenters. The fourth-order valence-corrected chi connectivity index (χ4v) is 3.98. The van der Waals surface area contributed by atoms with Gasteiger partial charge in [0.25, 0.3) is 0 Å². The van der Waals surface area contributed by atoms with Crippen molar-refractivity contribution in [2.24, 2.45) is 11.8 Å². The highest BCUT2D eigenvalue weighted by atomic mass is 16.6. The van der Waals surface area contributed by atoms with Crippen LogP contribution in [0.15, 0.2) is 0 Å². The molecule has 0 bridgehead atoms. The molecule has 1 unspecified atom stereocenters. The highest BCUT2D eigenvalue weighted by molar-refractivity contribution is 5.85. The van der Waals surface area contributed by atoms with Crippen LogP contribution >= 0.6 is 0 Å². The highest BCUT2D eigenvalue weighted by Crippen LogP contribution is 2.58. The molecule has 4 heteroatoms. The molecule has 2 saturated heterocycles. The van der Waals surface area contributed by atoms with Crippen LogP contribution in [0.25, 0.3) is 0 Å². The molecule has 3 fully saturated rings. The van der Waals surface area contributed by atoms with Gasteiger partial charge in [-0.25, -0.2) is 0 Å². The molecule has 114 valence electrons. The third-order valence-electron chi connectivity index (χ3n) is 5.35. The van der Waals surface area contributed by atoms with Crippen LogP contribution in [0.1, 0.15) is 46.5 Å². The molecule has 3 rings (SSSR count). The van der Waals surface area contributed by atoms with Gasteiger partial charge >= 0.3 is 0 Å². The monoisotopic (exact) mass is 282 g/mol. The summed E-state index contributed by atoms with van der Waals surface area (Å²) in [7, 11) is 1.63. The first kappa shape index (κ1) is 14.5. The van der Waals surface area contributed by atoms with Gasteiger partial charge in [0.2, 0.25) is 0 Å². The summed E-state index contributed by atoms with van der Waals surface area (Å²) in [4.78, 5) is 12.2. The van der Waals surface area contributed by atoms with Crippen LogP contribution in [0, 0.1) is 11.8 Å². The smallest absolute Gasteiger partial charge is 0.162 e. The predicted molar refractivity (Wildman–Crippen MR) is 74.6 cm³/mol. The highest BCUT2D eigenvalue weighted by Gasteiger charge is 2.71. The van der Waals surface area contributed by atoms with E-state index in [2.05, 4.69) is 20.8 Å². The van der Waals surface area contributed by atoms with Gasteiger partial charge in [-0.05, 0) is 32.1 Å². The Hall–Kier alpha value is -0.450. The van der Waals surface area contributed by atoms with Gasteiger partial charge in [0.1, 0.15) is 17.3 Å². The van der Waals surface area contributed by atoms with Crippen molar-refractivity contribution in [1.29, 1.82) is 0 Å². The van der Waals surface area contributed by atoms with E-state index in [4.69, 9.17) is 14.2 Å². The molecule has 0 aromatic carbocycles. The van der Waals surface area contributed by atoms with Gasteiger partial charge in [-0.15, -0.1) is 0 Å². The number of ether oxygens (including phenoxy) is 3. The molecule has 4 nitrogen and oxygen atoms in total. The van der Waals surface area contributed by atoms with Crippen molar-refractivity contribution in [3.05, 3.63) is 0 Å². The Kier molecular flexibility index (Phi) is 3.47. The fourth-order valence-electron chi connectivity index (χ4n) is 3.98. The third kappa shape index (κ3) is 2.22. The first-order valence-electron chi connectivity index (χ1n) is 7.80. The van der Waals surface area contributed by atoms with Crippen molar-refractivity contribution >= 4 is 5.78 Å². The molecule has 2 heterocycles. The second-order valence-electron chi connectivity index (χ2n) is 7.22. The molecule has 20 heavy (non-hydrogen) atoms. The molecule has 1 aliphatic carbocycles. The van der Waals surface area contributed by atoms with E-state index < -0.39 is 0 Å². The van der Waals surface area contributed by atoms with Crippen LogP contribution in [0.5, 0.6) is 0 Å². The largest absolute Gasteiger partial charge is 0.373 e. The summed E-state index contributed by atoms with van der Waals surface area (Å²) in [6.45, 7) is 7.35. The molecular formula is C16H26O4. The van der Waals surface area contributed by atoms with Gasteiger partial charge < -0.3 is 14.2 Å². The van der Waals surface area contributed by atoms with Crippen molar-refractivity contribution in [3.63, 3.8) is 0 Å². The minimum Gasteiger partial charge on any atom is -0.373 e. The van der Waals surface area contributed by atoms with Crippen LogP contribution in [-0.4, -0.2) is 42.9 Å². The van der Waals surface area contributed by atoms with Crippen molar-refractivity contribution < 1.29 is 19.0 Å². The van der Waals surface area contributed by atoms with E-state index in [1.54, 1.807) is 7.11 Å². The van der Waals surface area contributed by atoms with Crippen molar-refractivity contribution in [2.45, 2.75) is 69.9 Å². The van der Waals surface area contributed by atoms with E-state index in [1.165, 1.54) is 0 Å². The van der Waals surface area contributed by atoms with Crippen molar-refractivity contribution in [3.8, 4) is 0 Å². The number of hydrogen-bond acceptors (Lipinski definition) is 4. The summed E-state index contributed by atoms with van der Waals surface area (Å²) in [5.41, 5.74) is -0.405. The lowest BCUT2D eigenvalue weighted by Crippen LogP contribution is -2.53. The lowest BCUT2D eigenvalue weighted by atomic mass is 9.68. The third-order valence-corrected chi connectivity index (χ3v) is 5.35. The summed E-state index contributed by atoms with van der Waals surface area (Å²) in [5.74, 6) is 0.942. The lowest BCUT2D eigenvalue weighted by Gasteiger charge is -2.37. The molecule has 0 aromatic rings. The van der Waals surface area contributed by atoms with E-state index in [0.29, 0.717) is 12.3 Å². The summed E-state index contributed by atoms with van der Waals surface area (Å²) < 4.78 is 17.3.